The minimum absolute atomic E-state index is 0.00274. The van der Waals surface area contributed by atoms with Crippen LogP contribution in [0.5, 0.6) is 0 Å². The molecule has 1 spiro atoms. The van der Waals surface area contributed by atoms with Gasteiger partial charge in [0, 0.05) is 57.8 Å². The van der Waals surface area contributed by atoms with Gasteiger partial charge in [0.05, 0.1) is 12.5 Å². The summed E-state index contributed by atoms with van der Waals surface area (Å²) in [7, 11) is 3.89. The van der Waals surface area contributed by atoms with E-state index in [1.165, 1.54) is 0 Å². The summed E-state index contributed by atoms with van der Waals surface area (Å²) >= 11 is 0. The van der Waals surface area contributed by atoms with Crippen LogP contribution in [0.15, 0.2) is 36.0 Å². The van der Waals surface area contributed by atoms with Crippen LogP contribution in [-0.2, 0) is 9.63 Å². The third-order valence-corrected chi connectivity index (χ3v) is 5.05. The summed E-state index contributed by atoms with van der Waals surface area (Å²) < 4.78 is 0. The Morgan fingerprint density at radius 3 is 2.79 bits per heavy atom. The zero-order chi connectivity index (χ0) is 20.1. The van der Waals surface area contributed by atoms with Crippen LogP contribution in [0.2, 0.25) is 0 Å². The van der Waals surface area contributed by atoms with Gasteiger partial charge < -0.3 is 15.1 Å². The number of hydrogen-bond donors (Lipinski definition) is 2. The molecule has 0 aliphatic carbocycles. The van der Waals surface area contributed by atoms with Gasteiger partial charge in [-0.05, 0) is 24.3 Å². The van der Waals surface area contributed by atoms with Crippen molar-refractivity contribution >= 4 is 17.5 Å². The fourth-order valence-electron chi connectivity index (χ4n) is 3.35. The predicted molar refractivity (Wildman–Crippen MR) is 104 cm³/mol. The summed E-state index contributed by atoms with van der Waals surface area (Å²) in [5.41, 5.74) is 4.13. The van der Waals surface area contributed by atoms with Crippen molar-refractivity contribution in [3.05, 3.63) is 41.6 Å². The van der Waals surface area contributed by atoms with Gasteiger partial charge in [0.1, 0.15) is 11.3 Å². The second kappa shape index (κ2) is 8.31. The van der Waals surface area contributed by atoms with E-state index in [9.17, 15) is 9.59 Å². The minimum Gasteiger partial charge on any atom is -0.378 e. The number of carbonyl (C=O) groups is 2. The Bertz CT molecular complexity index is 819. The first-order chi connectivity index (χ1) is 13.4. The van der Waals surface area contributed by atoms with Gasteiger partial charge in [-0.2, -0.15) is 5.26 Å². The SMILES string of the molecule is CN(C)c1cccc(C(=O)N2CCC3(C=C(C(=O)NCCC#N)NO3)CC2)c1. The number of anilines is 1. The molecular weight excluding hydrogens is 358 g/mol. The highest BCUT2D eigenvalue weighted by atomic mass is 16.7. The molecule has 1 fully saturated rings. The molecule has 0 atom stereocenters. The van der Waals surface area contributed by atoms with E-state index in [0.29, 0.717) is 43.7 Å². The molecule has 0 bridgehead atoms. The average Bonchev–Trinajstić information content (AvgIpc) is 3.12. The molecule has 1 aromatic carbocycles. The number of hydrogen-bond acceptors (Lipinski definition) is 6. The number of amides is 2. The molecule has 2 aliphatic heterocycles. The molecule has 8 nitrogen and oxygen atoms in total. The third kappa shape index (κ3) is 4.26. The maximum Gasteiger partial charge on any atom is 0.269 e. The van der Waals surface area contributed by atoms with E-state index in [-0.39, 0.29) is 18.2 Å². The maximum atomic E-state index is 12.8. The Morgan fingerprint density at radius 2 is 2.11 bits per heavy atom. The summed E-state index contributed by atoms with van der Waals surface area (Å²) in [6.45, 7) is 1.40. The van der Waals surface area contributed by atoms with Gasteiger partial charge in [-0.15, -0.1) is 0 Å². The van der Waals surface area contributed by atoms with E-state index in [1.807, 2.05) is 54.2 Å². The topological polar surface area (TPSA) is 97.7 Å². The van der Waals surface area contributed by atoms with Gasteiger partial charge in [-0.25, -0.2) is 0 Å². The van der Waals surface area contributed by atoms with Gasteiger partial charge in [-0.1, -0.05) is 6.07 Å². The van der Waals surface area contributed by atoms with Gasteiger partial charge >= 0.3 is 0 Å². The third-order valence-electron chi connectivity index (χ3n) is 5.05. The quantitative estimate of drug-likeness (QED) is 0.741. The van der Waals surface area contributed by atoms with Crippen LogP contribution in [0, 0.1) is 11.3 Å². The summed E-state index contributed by atoms with van der Waals surface area (Å²) in [4.78, 5) is 34.4. The summed E-state index contributed by atoms with van der Waals surface area (Å²) in [5, 5.41) is 11.2. The van der Waals surface area contributed by atoms with E-state index in [2.05, 4.69) is 10.8 Å². The zero-order valence-corrected chi connectivity index (χ0v) is 16.2. The molecule has 1 saturated heterocycles. The van der Waals surface area contributed by atoms with Gasteiger partial charge in [0.15, 0.2) is 0 Å². The maximum absolute atomic E-state index is 12.8. The van der Waals surface area contributed by atoms with Crippen molar-refractivity contribution < 1.29 is 14.4 Å². The molecule has 2 amide bonds. The molecule has 1 aromatic rings. The predicted octanol–water partition coefficient (Wildman–Crippen LogP) is 1.18. The van der Waals surface area contributed by atoms with E-state index in [4.69, 9.17) is 10.1 Å². The molecule has 0 unspecified atom stereocenters. The van der Waals surface area contributed by atoms with Crippen molar-refractivity contribution in [3.8, 4) is 6.07 Å². The average molecular weight is 383 g/mol. The smallest absolute Gasteiger partial charge is 0.269 e. The van der Waals surface area contributed by atoms with Crippen molar-refractivity contribution in [3.63, 3.8) is 0 Å². The van der Waals surface area contributed by atoms with Crippen molar-refractivity contribution in [2.24, 2.45) is 0 Å². The molecular formula is C20H25N5O3. The lowest BCUT2D eigenvalue weighted by Crippen LogP contribution is -2.46. The highest BCUT2D eigenvalue weighted by molar-refractivity contribution is 5.95. The van der Waals surface area contributed by atoms with Crippen molar-refractivity contribution in [2.75, 3.05) is 38.6 Å². The van der Waals surface area contributed by atoms with Gasteiger partial charge in [0.25, 0.3) is 11.8 Å². The van der Waals surface area contributed by atoms with E-state index < -0.39 is 5.60 Å². The Kier molecular flexibility index (Phi) is 5.85. The standard InChI is InChI=1S/C20H25N5O3/c1-24(2)16-6-3-5-15(13-16)19(27)25-11-7-20(8-12-25)14-17(23-28-20)18(26)22-10-4-9-21/h3,5-6,13-14,23H,4,7-8,10-12H2,1-2H3,(H,22,26). The second-order valence-corrected chi connectivity index (χ2v) is 7.23. The molecule has 2 aliphatic rings. The molecule has 2 heterocycles. The van der Waals surface area contributed by atoms with Crippen LogP contribution in [0.3, 0.4) is 0 Å². The van der Waals surface area contributed by atoms with Crippen molar-refractivity contribution in [2.45, 2.75) is 24.9 Å². The second-order valence-electron chi connectivity index (χ2n) is 7.23. The molecule has 148 valence electrons. The van der Waals surface area contributed by atoms with Gasteiger partial charge in [-0.3, -0.25) is 19.9 Å². The van der Waals surface area contributed by atoms with Crippen LogP contribution >= 0.6 is 0 Å². The highest BCUT2D eigenvalue weighted by Gasteiger charge is 2.41. The lowest BCUT2D eigenvalue weighted by atomic mass is 9.90. The van der Waals surface area contributed by atoms with Crippen LogP contribution in [-0.4, -0.2) is 56.0 Å². The fourth-order valence-corrected chi connectivity index (χ4v) is 3.35. The van der Waals surface area contributed by atoms with Crippen LogP contribution in [0.25, 0.3) is 0 Å². The minimum atomic E-state index is -0.579. The molecule has 0 radical (unpaired) electrons. The summed E-state index contributed by atoms with van der Waals surface area (Å²) in [6, 6.07) is 9.56. The zero-order valence-electron chi connectivity index (χ0n) is 16.2. The number of benzene rings is 1. The van der Waals surface area contributed by atoms with Crippen molar-refractivity contribution in [1.82, 2.24) is 15.7 Å². The molecule has 2 N–H and O–H groups in total. The summed E-state index contributed by atoms with van der Waals surface area (Å²) in [5.74, 6) is -0.283. The monoisotopic (exact) mass is 383 g/mol. The Hall–Kier alpha value is -3.05. The van der Waals surface area contributed by atoms with Crippen LogP contribution < -0.4 is 15.7 Å². The first-order valence-corrected chi connectivity index (χ1v) is 9.33. The van der Waals surface area contributed by atoms with Crippen LogP contribution in [0.4, 0.5) is 5.69 Å². The highest BCUT2D eigenvalue weighted by Crippen LogP contribution is 2.32. The molecule has 28 heavy (non-hydrogen) atoms. The van der Waals surface area contributed by atoms with E-state index in [1.54, 1.807) is 6.08 Å². The summed E-state index contributed by atoms with van der Waals surface area (Å²) in [6.07, 6.45) is 3.27. The Labute approximate surface area is 164 Å². The Morgan fingerprint density at radius 1 is 1.36 bits per heavy atom. The van der Waals surface area contributed by atoms with Crippen LogP contribution in [0.1, 0.15) is 29.6 Å². The first-order valence-electron chi connectivity index (χ1n) is 9.33. The molecule has 8 heteroatoms. The number of likely N-dealkylation sites (tertiary alicyclic amines) is 1. The molecule has 0 aromatic heterocycles. The lowest BCUT2D eigenvalue weighted by Gasteiger charge is -2.36. The number of nitrogens with zero attached hydrogens (tertiary/aromatic N) is 3. The normalized spacial score (nSPS) is 17.5. The molecule has 0 saturated carbocycles. The van der Waals surface area contributed by atoms with Crippen molar-refractivity contribution in [1.29, 1.82) is 5.26 Å². The first kappa shape index (κ1) is 19.7. The number of rotatable bonds is 5. The number of piperidine rings is 1. The Balaban J connectivity index is 1.60. The van der Waals surface area contributed by atoms with Gasteiger partial charge in [0.2, 0.25) is 0 Å². The largest absolute Gasteiger partial charge is 0.378 e. The van der Waals surface area contributed by atoms with E-state index >= 15 is 0 Å². The number of nitriles is 1. The molecule has 3 rings (SSSR count). The number of carbonyl (C=O) groups excluding carboxylic acids is 2. The number of nitrogens with one attached hydrogen (secondary N) is 2. The lowest BCUT2D eigenvalue weighted by molar-refractivity contribution is -0.120. The van der Waals surface area contributed by atoms with E-state index in [0.717, 1.165) is 5.69 Å². The number of hydroxylamine groups is 1. The fraction of sp³-hybridized carbons (Fsp3) is 0.450.